The summed E-state index contributed by atoms with van der Waals surface area (Å²) in [5.74, 6) is -0.249. The van der Waals surface area contributed by atoms with Crippen molar-refractivity contribution in [1.82, 2.24) is 0 Å². The number of ether oxygens (including phenoxy) is 1. The Bertz CT molecular complexity index is 226. The van der Waals surface area contributed by atoms with Crippen molar-refractivity contribution in [3.63, 3.8) is 0 Å². The fourth-order valence-corrected chi connectivity index (χ4v) is 1.16. The van der Waals surface area contributed by atoms with Crippen molar-refractivity contribution in [2.24, 2.45) is 5.92 Å². The van der Waals surface area contributed by atoms with E-state index in [0.717, 1.165) is 32.1 Å². The highest BCUT2D eigenvalue weighted by atomic mass is 16.5. The predicted octanol–water partition coefficient (Wildman–Crippen LogP) is 4.03. The van der Waals surface area contributed by atoms with E-state index in [2.05, 4.69) is 20.8 Å². The fraction of sp³-hybridized carbons (Fsp3) is 0.867. The summed E-state index contributed by atoms with van der Waals surface area (Å²) in [6.07, 6.45) is 5.93. The highest BCUT2D eigenvalue weighted by Crippen LogP contribution is 2.04. The van der Waals surface area contributed by atoms with Crippen molar-refractivity contribution in [3.8, 4) is 0 Å². The van der Waals surface area contributed by atoms with Crippen LogP contribution in [0.4, 0.5) is 0 Å². The zero-order chi connectivity index (χ0) is 15.1. The molecule has 1 N–H and O–H groups in total. The lowest BCUT2D eigenvalue weighted by Crippen LogP contribution is -2.10. The first-order chi connectivity index (χ1) is 8.97. The smallest absolute Gasteiger partial charge is 0.305 e. The van der Waals surface area contributed by atoms with E-state index in [1.165, 1.54) is 0 Å². The van der Waals surface area contributed by atoms with E-state index in [1.54, 1.807) is 0 Å². The molecule has 0 radical (unpaired) electrons. The molecule has 0 spiro atoms. The maximum Gasteiger partial charge on any atom is 0.305 e. The van der Waals surface area contributed by atoms with Crippen LogP contribution in [-0.2, 0) is 14.3 Å². The Morgan fingerprint density at radius 2 is 1.68 bits per heavy atom. The molecule has 19 heavy (non-hydrogen) atoms. The molecule has 0 aromatic heterocycles. The summed E-state index contributed by atoms with van der Waals surface area (Å²) in [4.78, 5) is 20.7. The first-order valence-electron chi connectivity index (χ1n) is 7.35. The Labute approximate surface area is 117 Å². The highest BCUT2D eigenvalue weighted by Gasteiger charge is 2.04. The quantitative estimate of drug-likeness (QED) is 0.509. The van der Waals surface area contributed by atoms with Crippen LogP contribution in [0, 0.1) is 5.92 Å². The third kappa shape index (κ3) is 19.5. The third-order valence-electron chi connectivity index (χ3n) is 2.67. The number of hydrogen-bond donors (Lipinski definition) is 1. The van der Waals surface area contributed by atoms with E-state index < -0.39 is 5.97 Å². The van der Waals surface area contributed by atoms with Gasteiger partial charge in [-0.1, -0.05) is 47.0 Å². The van der Waals surface area contributed by atoms with Crippen LogP contribution >= 0.6 is 0 Å². The second kappa shape index (κ2) is 15.0. The minimum absolute atomic E-state index is 0.0336. The molecule has 0 heterocycles. The Balaban J connectivity index is 0. The molecule has 0 aromatic rings. The van der Waals surface area contributed by atoms with Crippen molar-refractivity contribution in [2.45, 2.75) is 72.6 Å². The molecule has 0 rings (SSSR count). The van der Waals surface area contributed by atoms with Gasteiger partial charge in [-0.2, -0.15) is 0 Å². The van der Waals surface area contributed by atoms with Gasteiger partial charge in [-0.15, -0.1) is 0 Å². The predicted molar refractivity (Wildman–Crippen MR) is 77.1 cm³/mol. The summed E-state index contributed by atoms with van der Waals surface area (Å²) >= 11 is 0. The van der Waals surface area contributed by atoms with Gasteiger partial charge in [-0.3, -0.25) is 9.59 Å². The van der Waals surface area contributed by atoms with E-state index in [9.17, 15) is 9.59 Å². The molecule has 0 bridgehead atoms. The molecule has 1 atom stereocenters. The van der Waals surface area contributed by atoms with E-state index in [-0.39, 0.29) is 5.97 Å². The number of hydrogen-bond acceptors (Lipinski definition) is 3. The maximum atomic E-state index is 11.1. The number of aliphatic carboxylic acids is 1. The summed E-state index contributed by atoms with van der Waals surface area (Å²) in [6.45, 7) is 8.76. The maximum absolute atomic E-state index is 11.1. The van der Waals surface area contributed by atoms with Crippen LogP contribution in [0.5, 0.6) is 0 Å². The summed E-state index contributed by atoms with van der Waals surface area (Å²) < 4.78 is 5.10. The minimum Gasteiger partial charge on any atom is -0.481 e. The average Bonchev–Trinajstić information content (AvgIpc) is 2.36. The zero-order valence-corrected chi connectivity index (χ0v) is 12.9. The second-order valence-electron chi connectivity index (χ2n) is 4.80. The summed E-state index contributed by atoms with van der Waals surface area (Å²) in [6, 6.07) is 0. The SMILES string of the molecule is CCCC(=O)O.CCCCCC(=O)OCC(C)CC. The van der Waals surface area contributed by atoms with Crippen molar-refractivity contribution in [3.05, 3.63) is 0 Å². The molecule has 4 heteroatoms. The largest absolute Gasteiger partial charge is 0.481 e. The monoisotopic (exact) mass is 274 g/mol. The normalized spacial score (nSPS) is 11.2. The fourth-order valence-electron chi connectivity index (χ4n) is 1.16. The van der Waals surface area contributed by atoms with Crippen molar-refractivity contribution in [1.29, 1.82) is 0 Å². The van der Waals surface area contributed by atoms with Crippen molar-refractivity contribution in [2.75, 3.05) is 6.61 Å². The van der Waals surface area contributed by atoms with Gasteiger partial charge in [-0.05, 0) is 18.8 Å². The van der Waals surface area contributed by atoms with Gasteiger partial charge >= 0.3 is 11.9 Å². The number of carboxylic acids is 1. The number of rotatable bonds is 9. The van der Waals surface area contributed by atoms with Gasteiger partial charge in [0, 0.05) is 12.8 Å². The standard InChI is InChI=1S/C11H22O2.C4H8O2/c1-4-6-7-8-11(12)13-9-10(3)5-2;1-2-3-4(5)6/h10H,4-9H2,1-3H3;2-3H2,1H3,(H,5,6). The Morgan fingerprint density at radius 1 is 1.05 bits per heavy atom. The lowest BCUT2D eigenvalue weighted by Gasteiger charge is -2.09. The van der Waals surface area contributed by atoms with Crippen LogP contribution < -0.4 is 0 Å². The van der Waals surface area contributed by atoms with Crippen LogP contribution in [0.3, 0.4) is 0 Å². The molecule has 114 valence electrons. The van der Waals surface area contributed by atoms with Gasteiger partial charge < -0.3 is 9.84 Å². The van der Waals surface area contributed by atoms with Gasteiger partial charge in [0.05, 0.1) is 6.61 Å². The molecule has 0 saturated heterocycles. The number of unbranched alkanes of at least 4 members (excludes halogenated alkanes) is 2. The van der Waals surface area contributed by atoms with Crippen LogP contribution in [0.1, 0.15) is 72.6 Å². The van der Waals surface area contributed by atoms with Gasteiger partial charge in [0.25, 0.3) is 0 Å². The summed E-state index contributed by atoms with van der Waals surface area (Å²) in [5, 5.41) is 7.91. The lowest BCUT2D eigenvalue weighted by atomic mass is 10.1. The van der Waals surface area contributed by atoms with E-state index in [4.69, 9.17) is 9.84 Å². The molecule has 0 aliphatic rings. The molecule has 4 nitrogen and oxygen atoms in total. The van der Waals surface area contributed by atoms with E-state index >= 15 is 0 Å². The van der Waals surface area contributed by atoms with E-state index in [1.807, 2.05) is 6.92 Å². The molecule has 1 unspecified atom stereocenters. The Hall–Kier alpha value is -1.06. The average molecular weight is 274 g/mol. The van der Waals surface area contributed by atoms with Crippen LogP contribution in [-0.4, -0.2) is 23.7 Å². The zero-order valence-electron chi connectivity index (χ0n) is 12.9. The Morgan fingerprint density at radius 3 is 2.05 bits per heavy atom. The van der Waals surface area contributed by atoms with Gasteiger partial charge in [0.1, 0.15) is 0 Å². The molecule has 0 amide bonds. The van der Waals surface area contributed by atoms with Crippen LogP contribution in [0.25, 0.3) is 0 Å². The highest BCUT2D eigenvalue weighted by molar-refractivity contribution is 5.69. The molecular formula is C15H30O4. The molecular weight excluding hydrogens is 244 g/mol. The van der Waals surface area contributed by atoms with Crippen molar-refractivity contribution < 1.29 is 19.4 Å². The second-order valence-corrected chi connectivity index (χ2v) is 4.80. The van der Waals surface area contributed by atoms with Crippen LogP contribution in [0.15, 0.2) is 0 Å². The summed E-state index contributed by atoms with van der Waals surface area (Å²) in [5.41, 5.74) is 0. The molecule has 0 aliphatic carbocycles. The van der Waals surface area contributed by atoms with E-state index in [0.29, 0.717) is 25.4 Å². The molecule has 0 saturated carbocycles. The minimum atomic E-state index is -0.711. The topological polar surface area (TPSA) is 63.6 Å². The van der Waals surface area contributed by atoms with Crippen LogP contribution in [0.2, 0.25) is 0 Å². The summed E-state index contributed by atoms with van der Waals surface area (Å²) in [7, 11) is 0. The number of esters is 1. The number of carboxylic acid groups (broad SMARTS) is 1. The van der Waals surface area contributed by atoms with Crippen molar-refractivity contribution >= 4 is 11.9 Å². The third-order valence-corrected chi connectivity index (χ3v) is 2.67. The Kier molecular flexibility index (Phi) is 16.0. The first kappa shape index (κ1) is 20.3. The van der Waals surface area contributed by atoms with Gasteiger partial charge in [0.2, 0.25) is 0 Å². The molecule has 0 aromatic carbocycles. The first-order valence-corrected chi connectivity index (χ1v) is 7.35. The van der Waals surface area contributed by atoms with Gasteiger partial charge in [-0.25, -0.2) is 0 Å². The van der Waals surface area contributed by atoms with Gasteiger partial charge in [0.15, 0.2) is 0 Å². The molecule has 0 aliphatic heterocycles. The lowest BCUT2D eigenvalue weighted by molar-refractivity contribution is -0.145. The molecule has 0 fully saturated rings. The number of carbonyl (C=O) groups excluding carboxylic acids is 1. The number of carbonyl (C=O) groups is 2.